The van der Waals surface area contributed by atoms with Gasteiger partial charge in [-0.15, -0.1) is 0 Å². The second-order valence-corrected chi connectivity index (χ2v) is 4.40. The van der Waals surface area contributed by atoms with Gasteiger partial charge in [-0.2, -0.15) is 12.6 Å². The number of aliphatic hydroxyl groups excluding tert-OH is 2. The Bertz CT molecular complexity index is 425. The first kappa shape index (κ1) is 14.9. The molecule has 0 saturated carbocycles. The standard InChI is InChI=1S/C12H15FO4S/c13-9-2-1-7(6-11(15)16)5-8(9)12(17)10(14)3-4-18/h1-2,5,10,12,14,17-18H,3-4,6H2,(H,15,16). The van der Waals surface area contributed by atoms with E-state index in [9.17, 15) is 19.4 Å². The molecule has 18 heavy (non-hydrogen) atoms. The van der Waals surface area contributed by atoms with Gasteiger partial charge in [0.2, 0.25) is 0 Å². The van der Waals surface area contributed by atoms with Gasteiger partial charge in [0.1, 0.15) is 11.9 Å². The first-order valence-electron chi connectivity index (χ1n) is 5.42. The van der Waals surface area contributed by atoms with E-state index in [0.717, 1.165) is 6.07 Å². The summed E-state index contributed by atoms with van der Waals surface area (Å²) >= 11 is 3.92. The largest absolute Gasteiger partial charge is 0.481 e. The van der Waals surface area contributed by atoms with Gasteiger partial charge in [0.25, 0.3) is 0 Å². The molecule has 0 aliphatic heterocycles. The molecule has 0 bridgehead atoms. The van der Waals surface area contributed by atoms with Crippen LogP contribution in [-0.4, -0.2) is 33.1 Å². The molecule has 0 saturated heterocycles. The molecule has 0 aromatic heterocycles. The fourth-order valence-corrected chi connectivity index (χ4v) is 1.87. The molecule has 100 valence electrons. The van der Waals surface area contributed by atoms with Crippen LogP contribution >= 0.6 is 12.6 Å². The molecule has 4 nitrogen and oxygen atoms in total. The molecule has 0 aliphatic rings. The normalized spacial score (nSPS) is 14.2. The fraction of sp³-hybridized carbons (Fsp3) is 0.417. The summed E-state index contributed by atoms with van der Waals surface area (Å²) in [4.78, 5) is 10.6. The quantitative estimate of drug-likeness (QED) is 0.587. The summed E-state index contributed by atoms with van der Waals surface area (Å²) in [6, 6.07) is 3.69. The monoisotopic (exact) mass is 274 g/mol. The zero-order chi connectivity index (χ0) is 13.7. The minimum absolute atomic E-state index is 0.0944. The van der Waals surface area contributed by atoms with Crippen molar-refractivity contribution >= 4 is 18.6 Å². The minimum Gasteiger partial charge on any atom is -0.481 e. The van der Waals surface area contributed by atoms with E-state index in [-0.39, 0.29) is 18.4 Å². The molecule has 6 heteroatoms. The molecule has 1 aromatic carbocycles. The fourth-order valence-electron chi connectivity index (χ4n) is 1.60. The molecule has 0 aliphatic carbocycles. The average Bonchev–Trinajstić information content (AvgIpc) is 2.30. The van der Waals surface area contributed by atoms with Gasteiger partial charge < -0.3 is 15.3 Å². The number of benzene rings is 1. The van der Waals surface area contributed by atoms with Crippen LogP contribution in [0.1, 0.15) is 23.7 Å². The first-order valence-corrected chi connectivity index (χ1v) is 6.06. The summed E-state index contributed by atoms with van der Waals surface area (Å²) in [5.41, 5.74) is 0.277. The van der Waals surface area contributed by atoms with E-state index in [0.29, 0.717) is 11.3 Å². The van der Waals surface area contributed by atoms with E-state index in [1.165, 1.54) is 12.1 Å². The summed E-state index contributed by atoms with van der Waals surface area (Å²) in [6.07, 6.45) is -2.56. The highest BCUT2D eigenvalue weighted by Crippen LogP contribution is 2.23. The van der Waals surface area contributed by atoms with E-state index in [4.69, 9.17) is 5.11 Å². The van der Waals surface area contributed by atoms with Gasteiger partial charge in [-0.25, -0.2) is 4.39 Å². The van der Waals surface area contributed by atoms with E-state index >= 15 is 0 Å². The van der Waals surface area contributed by atoms with Crippen LogP contribution in [0.25, 0.3) is 0 Å². The smallest absolute Gasteiger partial charge is 0.307 e. The van der Waals surface area contributed by atoms with Gasteiger partial charge in [0, 0.05) is 5.56 Å². The molecule has 0 amide bonds. The lowest BCUT2D eigenvalue weighted by Gasteiger charge is -2.18. The van der Waals surface area contributed by atoms with Gasteiger partial charge in [-0.1, -0.05) is 6.07 Å². The van der Waals surface area contributed by atoms with Crippen LogP contribution in [0.3, 0.4) is 0 Å². The van der Waals surface area contributed by atoms with Gasteiger partial charge in [-0.05, 0) is 29.9 Å². The molecular weight excluding hydrogens is 259 g/mol. The van der Waals surface area contributed by atoms with E-state index in [1.54, 1.807) is 0 Å². The highest BCUT2D eigenvalue weighted by Gasteiger charge is 2.21. The molecular formula is C12H15FO4S. The van der Waals surface area contributed by atoms with Crippen molar-refractivity contribution in [2.24, 2.45) is 0 Å². The van der Waals surface area contributed by atoms with E-state index in [2.05, 4.69) is 12.6 Å². The molecule has 1 rings (SSSR count). The lowest BCUT2D eigenvalue weighted by Crippen LogP contribution is -2.20. The SMILES string of the molecule is O=C(O)Cc1ccc(F)c(C(O)C(O)CCS)c1. The van der Waals surface area contributed by atoms with Crippen LogP contribution in [0.4, 0.5) is 4.39 Å². The number of hydrogen-bond donors (Lipinski definition) is 4. The molecule has 3 N–H and O–H groups in total. The number of carbonyl (C=O) groups is 1. The summed E-state index contributed by atoms with van der Waals surface area (Å²) < 4.78 is 13.5. The van der Waals surface area contributed by atoms with Crippen molar-refractivity contribution in [2.45, 2.75) is 25.0 Å². The molecule has 0 fully saturated rings. The molecule has 0 radical (unpaired) electrons. The third kappa shape index (κ3) is 3.97. The Balaban J connectivity index is 2.95. The predicted octanol–water partition coefficient (Wildman–Crippen LogP) is 1.17. The van der Waals surface area contributed by atoms with Crippen molar-refractivity contribution in [1.82, 2.24) is 0 Å². The van der Waals surface area contributed by atoms with Crippen molar-refractivity contribution in [1.29, 1.82) is 0 Å². The Morgan fingerprint density at radius 3 is 2.61 bits per heavy atom. The summed E-state index contributed by atoms with van der Waals surface area (Å²) in [5, 5.41) is 28.0. The zero-order valence-electron chi connectivity index (χ0n) is 9.58. The Morgan fingerprint density at radius 1 is 1.39 bits per heavy atom. The Morgan fingerprint density at radius 2 is 2.06 bits per heavy atom. The number of hydrogen-bond acceptors (Lipinski definition) is 4. The van der Waals surface area contributed by atoms with E-state index < -0.39 is 24.0 Å². The average molecular weight is 274 g/mol. The van der Waals surface area contributed by atoms with Crippen LogP contribution in [0, 0.1) is 5.82 Å². The van der Waals surface area contributed by atoms with E-state index in [1.807, 2.05) is 0 Å². The minimum atomic E-state index is -1.38. The Hall–Kier alpha value is -1.11. The topological polar surface area (TPSA) is 77.8 Å². The summed E-state index contributed by atoms with van der Waals surface area (Å²) in [7, 11) is 0. The summed E-state index contributed by atoms with van der Waals surface area (Å²) in [6.45, 7) is 0. The van der Waals surface area contributed by atoms with Crippen LogP contribution in [0.5, 0.6) is 0 Å². The number of carboxylic acid groups (broad SMARTS) is 1. The number of thiol groups is 1. The van der Waals surface area contributed by atoms with Crippen molar-refractivity contribution in [3.05, 3.63) is 35.1 Å². The number of aliphatic hydroxyl groups is 2. The maximum Gasteiger partial charge on any atom is 0.307 e. The number of rotatable bonds is 6. The summed E-state index contributed by atoms with van der Waals surface area (Å²) in [5.74, 6) is -1.36. The Labute approximate surface area is 109 Å². The zero-order valence-corrected chi connectivity index (χ0v) is 10.5. The molecule has 1 aromatic rings. The van der Waals surface area contributed by atoms with Crippen molar-refractivity contribution in [3.63, 3.8) is 0 Å². The first-order chi connectivity index (χ1) is 8.45. The van der Waals surface area contributed by atoms with Gasteiger partial charge in [-0.3, -0.25) is 4.79 Å². The highest BCUT2D eigenvalue weighted by atomic mass is 32.1. The molecule has 0 heterocycles. The van der Waals surface area contributed by atoms with Crippen LogP contribution in [0.2, 0.25) is 0 Å². The van der Waals surface area contributed by atoms with Gasteiger partial charge in [0.15, 0.2) is 0 Å². The number of aliphatic carboxylic acids is 1. The second kappa shape index (κ2) is 6.72. The van der Waals surface area contributed by atoms with Crippen molar-refractivity contribution in [3.8, 4) is 0 Å². The van der Waals surface area contributed by atoms with Crippen LogP contribution in [0.15, 0.2) is 18.2 Å². The van der Waals surface area contributed by atoms with Crippen molar-refractivity contribution in [2.75, 3.05) is 5.75 Å². The highest BCUT2D eigenvalue weighted by molar-refractivity contribution is 7.80. The van der Waals surface area contributed by atoms with Gasteiger partial charge in [0.05, 0.1) is 12.5 Å². The molecule has 2 unspecified atom stereocenters. The predicted molar refractivity (Wildman–Crippen MR) is 67.2 cm³/mol. The lowest BCUT2D eigenvalue weighted by molar-refractivity contribution is -0.136. The van der Waals surface area contributed by atoms with Crippen molar-refractivity contribution < 1.29 is 24.5 Å². The second-order valence-electron chi connectivity index (χ2n) is 3.95. The van der Waals surface area contributed by atoms with Crippen LogP contribution in [-0.2, 0) is 11.2 Å². The third-order valence-corrected chi connectivity index (χ3v) is 2.78. The number of carboxylic acids is 1. The van der Waals surface area contributed by atoms with Crippen LogP contribution < -0.4 is 0 Å². The molecule has 2 atom stereocenters. The van der Waals surface area contributed by atoms with Gasteiger partial charge >= 0.3 is 5.97 Å². The number of halogens is 1. The Kier molecular flexibility index (Phi) is 5.58. The third-order valence-electron chi connectivity index (χ3n) is 2.52. The lowest BCUT2D eigenvalue weighted by atomic mass is 9.99. The maximum absolute atomic E-state index is 13.5. The maximum atomic E-state index is 13.5. The molecule has 0 spiro atoms.